The molecule has 2 heteroatoms. The van der Waals surface area contributed by atoms with Crippen molar-refractivity contribution in [2.24, 2.45) is 0 Å². The topological polar surface area (TPSA) is 6.48 Å². The van der Waals surface area contributed by atoms with Crippen molar-refractivity contribution in [1.29, 1.82) is 0 Å². The van der Waals surface area contributed by atoms with Crippen molar-refractivity contribution in [3.63, 3.8) is 0 Å². The largest absolute Gasteiger partial charge is 0.310 e. The molecule has 0 saturated heterocycles. The Morgan fingerprint density at radius 2 is 0.677 bits per heavy atom. The maximum absolute atomic E-state index is 3.27. The van der Waals surface area contributed by atoms with Gasteiger partial charge in [-0.05, 0) is 149 Å². The van der Waals surface area contributed by atoms with Gasteiger partial charge in [0, 0.05) is 33.5 Å². The Labute approximate surface area is 377 Å². The molecule has 0 fully saturated rings. The zero-order valence-corrected chi connectivity index (χ0v) is 35.5. The van der Waals surface area contributed by atoms with E-state index in [4.69, 9.17) is 0 Å². The average Bonchev–Trinajstić information content (AvgIpc) is 3.73. The second kappa shape index (κ2) is 15.0. The van der Waals surface area contributed by atoms with E-state index in [0.29, 0.717) is 0 Å². The van der Waals surface area contributed by atoms with Gasteiger partial charge in [-0.1, -0.05) is 170 Å². The number of benzene rings is 10. The van der Waals surface area contributed by atoms with E-state index in [1.807, 2.05) is 12.2 Å². The number of hydrogen-bond donors (Lipinski definition) is 0. The average molecular weight is 825 g/mol. The molecule has 0 unspecified atom stereocenters. The number of hydrogen-bond acceptors (Lipinski definition) is 2. The Balaban J connectivity index is 1.20. The van der Waals surface area contributed by atoms with E-state index in [2.05, 4.69) is 246 Å². The first-order valence-corrected chi connectivity index (χ1v) is 22.4. The molecule has 0 bridgehead atoms. The highest BCUT2D eigenvalue weighted by atomic mass is 15.2. The number of anilines is 5. The van der Waals surface area contributed by atoms with Crippen LogP contribution in [0.25, 0.3) is 86.9 Å². The van der Waals surface area contributed by atoms with Crippen molar-refractivity contribution in [2.75, 3.05) is 9.80 Å². The normalized spacial score (nSPS) is 12.6. The van der Waals surface area contributed by atoms with Crippen molar-refractivity contribution in [3.05, 3.63) is 254 Å². The minimum atomic E-state index is 1.07. The summed E-state index contributed by atoms with van der Waals surface area (Å²) < 4.78 is 0. The summed E-state index contributed by atoms with van der Waals surface area (Å²) in [5.74, 6) is 0. The van der Waals surface area contributed by atoms with Crippen LogP contribution in [0.3, 0.4) is 0 Å². The predicted octanol–water partition coefficient (Wildman–Crippen LogP) is 17.6. The molecule has 0 heterocycles. The fraction of sp³-hybridized carbons (Fsp3) is 0. The standard InChI is InChI=1S/C63H40N2/c1-2-13-27-44(26-12-1)64(45-28-14-5-15-29-45)54-40-38-52-58-48(54)34-20-36-50(58)60-56(42-22-8-3-9-23-42)63-53-39-41-55(65(46-30-16-6-17-31-46)47-32-18-7-19-33-47)49-35-21-37-51(59(49)53)61(63)57(62(52)60)43-24-10-4-11-25-43/h1,3-41H. The van der Waals surface area contributed by atoms with Gasteiger partial charge in [0.2, 0.25) is 0 Å². The molecule has 65 heavy (non-hydrogen) atoms. The van der Waals surface area contributed by atoms with Crippen LogP contribution in [0.2, 0.25) is 0 Å². The van der Waals surface area contributed by atoms with Gasteiger partial charge in [0.15, 0.2) is 0 Å². The SMILES string of the molecule is C1=CC=CC(N(c2ccccc2)c2ccc3c4c(-c5ccccc5)c5c6cccc7c(N(c8ccccc8)c8ccccc8)ccc(c5c(-c5ccccc5)c4c4cccc2c34)c76)=CC=1. The summed E-state index contributed by atoms with van der Waals surface area (Å²) in [6, 6.07) is 77.8. The van der Waals surface area contributed by atoms with E-state index in [0.717, 1.165) is 34.1 Å². The smallest absolute Gasteiger partial charge is 0.0540 e. The van der Waals surface area contributed by atoms with Crippen molar-refractivity contribution in [3.8, 4) is 22.3 Å². The number of para-hydroxylation sites is 3. The molecule has 1 aliphatic rings. The quantitative estimate of drug-likeness (QED) is 0.141. The molecular weight excluding hydrogens is 785 g/mol. The summed E-state index contributed by atoms with van der Waals surface area (Å²) in [6.07, 6.45) is 10.4. The van der Waals surface area contributed by atoms with Crippen molar-refractivity contribution >= 4 is 93.1 Å². The van der Waals surface area contributed by atoms with Crippen LogP contribution in [0.5, 0.6) is 0 Å². The Morgan fingerprint density at radius 3 is 1.14 bits per heavy atom. The second-order valence-corrected chi connectivity index (χ2v) is 16.8. The van der Waals surface area contributed by atoms with Gasteiger partial charge in [-0.3, -0.25) is 0 Å². The monoisotopic (exact) mass is 824 g/mol. The molecule has 0 amide bonds. The number of nitrogens with zero attached hydrogens (tertiary/aromatic N) is 2. The van der Waals surface area contributed by atoms with Crippen molar-refractivity contribution < 1.29 is 0 Å². The summed E-state index contributed by atoms with van der Waals surface area (Å²) in [7, 11) is 0. The maximum atomic E-state index is 3.27. The van der Waals surface area contributed by atoms with E-state index < -0.39 is 0 Å². The molecule has 0 aliphatic heterocycles. The summed E-state index contributed by atoms with van der Waals surface area (Å²) in [4.78, 5) is 4.79. The summed E-state index contributed by atoms with van der Waals surface area (Å²) in [6.45, 7) is 0. The van der Waals surface area contributed by atoms with E-state index in [1.54, 1.807) is 0 Å². The van der Waals surface area contributed by atoms with Gasteiger partial charge in [0.05, 0.1) is 11.4 Å². The zero-order chi connectivity index (χ0) is 42.8. The lowest BCUT2D eigenvalue weighted by molar-refractivity contribution is 1.22. The molecule has 0 radical (unpaired) electrons. The van der Waals surface area contributed by atoms with E-state index in [9.17, 15) is 0 Å². The lowest BCUT2D eigenvalue weighted by Gasteiger charge is -2.27. The van der Waals surface area contributed by atoms with Gasteiger partial charge >= 0.3 is 0 Å². The fourth-order valence-electron chi connectivity index (χ4n) is 10.8. The minimum Gasteiger partial charge on any atom is -0.310 e. The molecular formula is C63H40N2. The highest BCUT2D eigenvalue weighted by Crippen LogP contribution is 2.57. The van der Waals surface area contributed by atoms with Crippen LogP contribution in [0, 0.1) is 0 Å². The molecule has 2 nitrogen and oxygen atoms in total. The van der Waals surface area contributed by atoms with Gasteiger partial charge in [-0.15, -0.1) is 5.73 Å². The second-order valence-electron chi connectivity index (χ2n) is 16.8. The third-order valence-corrected chi connectivity index (χ3v) is 13.3. The Bertz CT molecular complexity index is 3750. The van der Waals surface area contributed by atoms with Crippen LogP contribution in [-0.2, 0) is 0 Å². The highest BCUT2D eigenvalue weighted by Gasteiger charge is 2.29. The van der Waals surface area contributed by atoms with Gasteiger partial charge < -0.3 is 9.80 Å². The maximum Gasteiger partial charge on any atom is 0.0540 e. The zero-order valence-electron chi connectivity index (χ0n) is 35.5. The first-order chi connectivity index (χ1) is 32.3. The summed E-state index contributed by atoms with van der Waals surface area (Å²) in [5, 5.41) is 15.2. The first-order valence-electron chi connectivity index (χ1n) is 22.4. The molecule has 13 rings (SSSR count). The lowest BCUT2D eigenvalue weighted by atomic mass is 9.87. The van der Waals surface area contributed by atoms with E-state index >= 15 is 0 Å². The third-order valence-electron chi connectivity index (χ3n) is 13.3. The minimum absolute atomic E-state index is 1.07. The molecule has 0 aromatic heterocycles. The molecule has 0 atom stereocenters. The third kappa shape index (κ3) is 5.69. The molecule has 0 N–H and O–H groups in total. The molecule has 0 spiro atoms. The number of allylic oxidation sites excluding steroid dienone is 4. The van der Waals surface area contributed by atoms with Gasteiger partial charge in [-0.25, -0.2) is 0 Å². The van der Waals surface area contributed by atoms with Crippen molar-refractivity contribution in [2.45, 2.75) is 0 Å². The summed E-state index contributed by atoms with van der Waals surface area (Å²) in [5.41, 5.74) is 15.0. The van der Waals surface area contributed by atoms with E-state index in [-0.39, 0.29) is 0 Å². The molecule has 0 saturated carbocycles. The van der Waals surface area contributed by atoms with Gasteiger partial charge in [0.25, 0.3) is 0 Å². The molecule has 12 aromatic rings. The number of rotatable bonds is 8. The van der Waals surface area contributed by atoms with Crippen LogP contribution in [0.1, 0.15) is 0 Å². The van der Waals surface area contributed by atoms with Gasteiger partial charge in [0.1, 0.15) is 0 Å². The Hall–Kier alpha value is -8.68. The first kappa shape index (κ1) is 36.9. The van der Waals surface area contributed by atoms with Gasteiger partial charge in [-0.2, -0.15) is 0 Å². The van der Waals surface area contributed by atoms with Crippen LogP contribution in [0.4, 0.5) is 28.4 Å². The van der Waals surface area contributed by atoms with Crippen LogP contribution < -0.4 is 9.80 Å². The Morgan fingerprint density at radius 1 is 0.292 bits per heavy atom. The van der Waals surface area contributed by atoms with Crippen LogP contribution >= 0.6 is 0 Å². The fourth-order valence-corrected chi connectivity index (χ4v) is 10.8. The van der Waals surface area contributed by atoms with Crippen molar-refractivity contribution in [1.82, 2.24) is 0 Å². The molecule has 12 aromatic carbocycles. The highest BCUT2D eigenvalue weighted by molar-refractivity contribution is 6.47. The molecule has 1 aliphatic carbocycles. The number of fused-ring (bicyclic) bond motifs is 6. The van der Waals surface area contributed by atoms with Crippen LogP contribution in [-0.4, -0.2) is 0 Å². The summed E-state index contributed by atoms with van der Waals surface area (Å²) >= 11 is 0. The van der Waals surface area contributed by atoms with E-state index in [1.165, 1.54) is 86.9 Å². The Kier molecular flexibility index (Phi) is 8.52. The molecule has 302 valence electrons. The lowest BCUT2D eigenvalue weighted by Crippen LogP contribution is -2.15. The van der Waals surface area contributed by atoms with Crippen LogP contribution in [0.15, 0.2) is 254 Å². The predicted molar refractivity (Wildman–Crippen MR) is 278 cm³/mol.